The molecule has 1 heterocycles. The first-order chi connectivity index (χ1) is 19.0. The molecule has 40 heavy (non-hydrogen) atoms. The maximum atomic E-state index is 14.7. The van der Waals surface area contributed by atoms with E-state index in [0.29, 0.717) is 41.9 Å². The van der Waals surface area contributed by atoms with Crippen molar-refractivity contribution in [2.24, 2.45) is 21.9 Å². The quantitative estimate of drug-likeness (QED) is 0.302. The van der Waals surface area contributed by atoms with Crippen LogP contribution in [0.25, 0.3) is 5.57 Å². The van der Waals surface area contributed by atoms with Gasteiger partial charge in [-0.3, -0.25) is 4.98 Å². The third-order valence-corrected chi connectivity index (χ3v) is 7.29. The van der Waals surface area contributed by atoms with Gasteiger partial charge >= 0.3 is 6.18 Å². The highest BCUT2D eigenvalue weighted by molar-refractivity contribution is 6.11. The molecular formula is C32H32F4N4. The van der Waals surface area contributed by atoms with Gasteiger partial charge in [-0.25, -0.2) is 9.38 Å². The van der Waals surface area contributed by atoms with Crippen molar-refractivity contribution in [1.29, 1.82) is 0 Å². The molecule has 0 radical (unpaired) electrons. The number of hydrogen-bond acceptors (Lipinski definition) is 4. The number of aryl methyl sites for hydroxylation is 2. The smallest absolute Gasteiger partial charge is 0.404 e. The number of aromatic nitrogens is 1. The van der Waals surface area contributed by atoms with Crippen molar-refractivity contribution in [3.8, 4) is 0 Å². The molecule has 1 aliphatic carbocycles. The number of nitrogens with zero attached hydrogens (tertiary/aromatic N) is 2. The summed E-state index contributed by atoms with van der Waals surface area (Å²) in [4.78, 5) is 9.38. The van der Waals surface area contributed by atoms with E-state index >= 15 is 0 Å². The summed E-state index contributed by atoms with van der Waals surface area (Å²) in [7, 11) is 0. The van der Waals surface area contributed by atoms with Gasteiger partial charge in [0.1, 0.15) is 5.82 Å². The lowest BCUT2D eigenvalue weighted by Crippen LogP contribution is -2.35. The van der Waals surface area contributed by atoms with Crippen molar-refractivity contribution in [2.75, 3.05) is 6.54 Å². The first kappa shape index (κ1) is 29.0. The minimum atomic E-state index is -4.79. The molecular weight excluding hydrogens is 516 g/mol. The number of rotatable bonds is 7. The molecule has 0 spiro atoms. The van der Waals surface area contributed by atoms with E-state index in [9.17, 15) is 17.6 Å². The Labute approximate surface area is 231 Å². The molecule has 1 atom stereocenters. The number of pyridine rings is 1. The van der Waals surface area contributed by atoms with Gasteiger partial charge in [0.2, 0.25) is 0 Å². The molecule has 0 fully saturated rings. The number of allylic oxidation sites excluding steroid dienone is 3. The van der Waals surface area contributed by atoms with E-state index in [2.05, 4.69) is 11.6 Å². The monoisotopic (exact) mass is 548 g/mol. The molecule has 1 aromatic heterocycles. The molecule has 0 saturated heterocycles. The van der Waals surface area contributed by atoms with E-state index in [1.807, 2.05) is 56.3 Å². The fourth-order valence-electron chi connectivity index (χ4n) is 5.18. The zero-order chi connectivity index (χ0) is 29.1. The second kappa shape index (κ2) is 11.6. The molecule has 3 aromatic rings. The van der Waals surface area contributed by atoms with E-state index in [-0.39, 0.29) is 6.42 Å². The molecule has 4 rings (SSSR count). The summed E-state index contributed by atoms with van der Waals surface area (Å²) < 4.78 is 54.5. The summed E-state index contributed by atoms with van der Waals surface area (Å²) in [6.07, 6.45) is 1.26. The summed E-state index contributed by atoms with van der Waals surface area (Å²) in [6, 6.07) is 14.6. The lowest BCUT2D eigenvalue weighted by Gasteiger charge is -2.42. The van der Waals surface area contributed by atoms with Crippen molar-refractivity contribution >= 4 is 17.0 Å². The third-order valence-electron chi connectivity index (χ3n) is 7.29. The number of alkyl halides is 3. The second-order valence-corrected chi connectivity index (χ2v) is 10.2. The van der Waals surface area contributed by atoms with Crippen LogP contribution in [0.4, 0.5) is 23.2 Å². The van der Waals surface area contributed by atoms with Gasteiger partial charge in [-0.15, -0.1) is 0 Å². The topological polar surface area (TPSA) is 77.3 Å². The Morgan fingerprint density at radius 1 is 1.07 bits per heavy atom. The number of hydrogen-bond donors (Lipinski definition) is 2. The maximum absolute atomic E-state index is 14.7. The zero-order valence-electron chi connectivity index (χ0n) is 22.5. The van der Waals surface area contributed by atoms with Crippen LogP contribution >= 0.6 is 0 Å². The highest BCUT2D eigenvalue weighted by Crippen LogP contribution is 2.51. The van der Waals surface area contributed by atoms with Gasteiger partial charge < -0.3 is 11.5 Å². The number of halogens is 4. The van der Waals surface area contributed by atoms with Gasteiger partial charge in [-0.2, -0.15) is 13.2 Å². The highest BCUT2D eigenvalue weighted by atomic mass is 19.4. The van der Waals surface area contributed by atoms with E-state index in [1.165, 1.54) is 12.3 Å². The first-order valence-electron chi connectivity index (χ1n) is 12.9. The van der Waals surface area contributed by atoms with Gasteiger partial charge in [-0.1, -0.05) is 35.9 Å². The average molecular weight is 549 g/mol. The van der Waals surface area contributed by atoms with Gasteiger partial charge in [0.05, 0.1) is 22.7 Å². The predicted molar refractivity (Wildman–Crippen MR) is 152 cm³/mol. The lowest BCUT2D eigenvalue weighted by atomic mass is 9.61. The summed E-state index contributed by atoms with van der Waals surface area (Å²) >= 11 is 0. The van der Waals surface area contributed by atoms with Crippen molar-refractivity contribution in [2.45, 2.75) is 39.3 Å². The largest absolute Gasteiger partial charge is 0.419 e. The van der Waals surface area contributed by atoms with Crippen LogP contribution in [0, 0.1) is 25.1 Å². The van der Waals surface area contributed by atoms with Gasteiger partial charge in [0.15, 0.2) is 0 Å². The van der Waals surface area contributed by atoms with E-state index in [1.54, 1.807) is 6.20 Å². The molecule has 0 aliphatic heterocycles. The lowest BCUT2D eigenvalue weighted by molar-refractivity contribution is -0.140. The van der Waals surface area contributed by atoms with Crippen molar-refractivity contribution in [3.05, 3.63) is 125 Å². The van der Waals surface area contributed by atoms with Gasteiger partial charge in [0, 0.05) is 11.6 Å². The molecule has 8 heteroatoms. The minimum Gasteiger partial charge on any atom is -0.404 e. The normalized spacial score (nSPS) is 19.6. The summed E-state index contributed by atoms with van der Waals surface area (Å²) in [5, 5.41) is 0. The Hall–Kier alpha value is -4.04. The molecule has 0 saturated carbocycles. The maximum Gasteiger partial charge on any atom is 0.419 e. The molecule has 2 aromatic carbocycles. The minimum absolute atomic E-state index is 0.164. The average Bonchev–Trinajstić information content (AvgIpc) is 2.90. The highest BCUT2D eigenvalue weighted by Gasteiger charge is 2.43. The Bertz CT molecular complexity index is 1500. The van der Waals surface area contributed by atoms with E-state index < -0.39 is 23.0 Å². The molecule has 4 N–H and O–H groups in total. The summed E-state index contributed by atoms with van der Waals surface area (Å²) in [5.41, 5.74) is 16.7. The standard InChI is InChI=1S/C32H32F4N4/c1-20-4-7-26(8-5-20)40-30-16-25(10-12-37)31(18-24(30)19-38,22(3)29-14-21(2)11-13-39-29)17-23-6-9-27(28(33)15-23)32(34,35)36/h4-9,11,13-16,19H,3,10,12,17-18,37-38H2,1-2H3. The van der Waals surface area contributed by atoms with Crippen LogP contribution in [0.3, 0.4) is 0 Å². The van der Waals surface area contributed by atoms with Crippen molar-refractivity contribution in [1.82, 2.24) is 4.98 Å². The predicted octanol–water partition coefficient (Wildman–Crippen LogP) is 7.39. The molecule has 4 nitrogen and oxygen atoms in total. The van der Waals surface area contributed by atoms with Crippen LogP contribution in [0.2, 0.25) is 0 Å². The SMILES string of the molecule is C=C(c1cc(C)ccn1)C1(Cc2ccc(C(F)(F)F)c(F)c2)CC(=CN)C(=Nc2ccc(C)cc2)C=C1CCN. The Balaban J connectivity index is 1.91. The molecule has 1 unspecified atom stereocenters. The van der Waals surface area contributed by atoms with Gasteiger partial charge in [0.25, 0.3) is 0 Å². The number of nitrogens with two attached hydrogens (primary N) is 2. The summed E-state index contributed by atoms with van der Waals surface area (Å²) in [6.45, 7) is 8.67. The fourth-order valence-corrected chi connectivity index (χ4v) is 5.18. The number of aliphatic imine (C=N–C) groups is 1. The second-order valence-electron chi connectivity index (χ2n) is 10.2. The Morgan fingerprint density at radius 2 is 1.80 bits per heavy atom. The van der Waals surface area contributed by atoms with Crippen molar-refractivity contribution < 1.29 is 17.6 Å². The number of benzene rings is 2. The molecule has 1 aliphatic rings. The Kier molecular flexibility index (Phi) is 8.40. The third kappa shape index (κ3) is 6.07. The van der Waals surface area contributed by atoms with Gasteiger partial charge in [-0.05, 0) is 111 Å². The first-order valence-corrected chi connectivity index (χ1v) is 12.9. The van der Waals surface area contributed by atoms with E-state index in [0.717, 1.165) is 40.1 Å². The van der Waals surface area contributed by atoms with Crippen LogP contribution in [0.15, 0.2) is 95.8 Å². The Morgan fingerprint density at radius 3 is 2.40 bits per heavy atom. The fraction of sp³-hybridized carbons (Fsp3) is 0.250. The molecule has 0 bridgehead atoms. The zero-order valence-corrected chi connectivity index (χ0v) is 22.5. The molecule has 0 amide bonds. The van der Waals surface area contributed by atoms with E-state index in [4.69, 9.17) is 16.5 Å². The van der Waals surface area contributed by atoms with Crippen LogP contribution in [0.5, 0.6) is 0 Å². The van der Waals surface area contributed by atoms with Crippen LogP contribution in [-0.4, -0.2) is 17.2 Å². The van der Waals surface area contributed by atoms with Crippen molar-refractivity contribution in [3.63, 3.8) is 0 Å². The molecule has 208 valence electrons. The van der Waals surface area contributed by atoms with Crippen LogP contribution in [-0.2, 0) is 12.6 Å². The van der Waals surface area contributed by atoms with Crippen LogP contribution < -0.4 is 11.5 Å². The van der Waals surface area contributed by atoms with Crippen LogP contribution in [0.1, 0.15) is 40.8 Å². The summed E-state index contributed by atoms with van der Waals surface area (Å²) in [5.74, 6) is -1.32.